The Hall–Kier alpha value is -3.79. The van der Waals surface area contributed by atoms with E-state index in [9.17, 15) is 18.4 Å². The maximum atomic E-state index is 14.0. The van der Waals surface area contributed by atoms with Gasteiger partial charge in [-0.15, -0.1) is 0 Å². The summed E-state index contributed by atoms with van der Waals surface area (Å²) in [5, 5.41) is 15.6. The van der Waals surface area contributed by atoms with Gasteiger partial charge in [-0.3, -0.25) is 10.1 Å². The first kappa shape index (κ1) is 24.3. The lowest BCUT2D eigenvalue weighted by molar-refractivity contribution is -0.122. The molecule has 4 N–H and O–H groups in total. The summed E-state index contributed by atoms with van der Waals surface area (Å²) in [6, 6.07) is 10.1. The summed E-state index contributed by atoms with van der Waals surface area (Å²) in [5.41, 5.74) is 2.96. The van der Waals surface area contributed by atoms with Crippen LogP contribution in [0.25, 0.3) is 5.69 Å². The lowest BCUT2D eigenvalue weighted by Gasteiger charge is -2.25. The molecule has 0 aliphatic carbocycles. The predicted molar refractivity (Wildman–Crippen MR) is 130 cm³/mol. The maximum Gasteiger partial charge on any atom is 0.324 e. The summed E-state index contributed by atoms with van der Waals surface area (Å²) in [6.45, 7) is 6.51. The van der Waals surface area contributed by atoms with Gasteiger partial charge in [-0.1, -0.05) is 32.9 Å². The molecule has 1 aliphatic rings. The van der Waals surface area contributed by atoms with E-state index < -0.39 is 17.7 Å². The molecule has 0 bridgehead atoms. The fraction of sp³-hybridized carbons (Fsp3) is 0.320. The topological polar surface area (TPSA) is 100 Å². The van der Waals surface area contributed by atoms with Crippen LogP contribution in [0.3, 0.4) is 0 Å². The second-order valence-corrected chi connectivity index (χ2v) is 9.46. The normalized spacial score (nSPS) is 15.3. The predicted octanol–water partition coefficient (Wildman–Crippen LogP) is 3.85. The van der Waals surface area contributed by atoms with Crippen LogP contribution >= 0.6 is 0 Å². The van der Waals surface area contributed by atoms with Gasteiger partial charge in [0.2, 0.25) is 5.91 Å². The molecule has 1 aromatic heterocycles. The molecular formula is C25H28F2N6O2. The van der Waals surface area contributed by atoms with Crippen molar-refractivity contribution in [1.82, 2.24) is 20.4 Å². The van der Waals surface area contributed by atoms with Crippen LogP contribution < -0.4 is 21.3 Å². The van der Waals surface area contributed by atoms with Crippen LogP contribution in [-0.2, 0) is 23.2 Å². The minimum absolute atomic E-state index is 0.0612. The Balaban J connectivity index is 1.63. The fourth-order valence-electron chi connectivity index (χ4n) is 3.90. The average molecular weight is 483 g/mol. The Morgan fingerprint density at radius 1 is 1.09 bits per heavy atom. The maximum absolute atomic E-state index is 14.0. The molecule has 4 rings (SSSR count). The zero-order valence-electron chi connectivity index (χ0n) is 20.0. The molecule has 0 saturated carbocycles. The molecule has 1 atom stereocenters. The fourth-order valence-corrected chi connectivity index (χ4v) is 3.90. The number of aromatic nitrogens is 2. The number of anilines is 2. The third-order valence-corrected chi connectivity index (χ3v) is 5.88. The summed E-state index contributed by atoms with van der Waals surface area (Å²) < 4.78 is 29.1. The number of amides is 3. The third kappa shape index (κ3) is 5.17. The van der Waals surface area contributed by atoms with Gasteiger partial charge < -0.3 is 16.0 Å². The molecule has 10 heteroatoms. The van der Waals surface area contributed by atoms with Crippen molar-refractivity contribution in [2.24, 2.45) is 0 Å². The van der Waals surface area contributed by atoms with Crippen LogP contribution in [0.1, 0.15) is 37.6 Å². The van der Waals surface area contributed by atoms with Gasteiger partial charge in [-0.25, -0.2) is 18.3 Å². The van der Waals surface area contributed by atoms with E-state index in [-0.39, 0.29) is 23.1 Å². The second kappa shape index (κ2) is 9.46. The number of carbonyl (C=O) groups excluding carboxylic acids is 2. The molecule has 3 amide bonds. The van der Waals surface area contributed by atoms with Gasteiger partial charge in [0.25, 0.3) is 0 Å². The SMILES string of the molecule is CNC(=O)[C@@H]1Cc2ccc(-n3nc(C(C)(C)C)cc3NC(=O)Nc3cccc(F)c3F)cc2CN1. The molecule has 35 heavy (non-hydrogen) atoms. The van der Waals surface area contributed by atoms with Crippen molar-refractivity contribution >= 4 is 23.4 Å². The molecule has 8 nitrogen and oxygen atoms in total. The Kier molecular flexibility index (Phi) is 6.58. The van der Waals surface area contributed by atoms with Crippen molar-refractivity contribution in [2.45, 2.75) is 45.2 Å². The Bertz CT molecular complexity index is 1280. The van der Waals surface area contributed by atoms with Crippen LogP contribution in [0.15, 0.2) is 42.5 Å². The highest BCUT2D eigenvalue weighted by molar-refractivity contribution is 5.99. The highest BCUT2D eigenvalue weighted by atomic mass is 19.2. The molecule has 3 aromatic rings. The van der Waals surface area contributed by atoms with Gasteiger partial charge >= 0.3 is 6.03 Å². The van der Waals surface area contributed by atoms with E-state index in [1.54, 1.807) is 17.8 Å². The quantitative estimate of drug-likeness (QED) is 0.454. The third-order valence-electron chi connectivity index (χ3n) is 5.88. The zero-order valence-corrected chi connectivity index (χ0v) is 20.0. The largest absolute Gasteiger partial charge is 0.358 e. The summed E-state index contributed by atoms with van der Waals surface area (Å²) in [7, 11) is 1.61. The van der Waals surface area contributed by atoms with Crippen LogP contribution in [0.5, 0.6) is 0 Å². The Morgan fingerprint density at radius 2 is 1.86 bits per heavy atom. The van der Waals surface area contributed by atoms with Crippen molar-refractivity contribution in [3.05, 3.63) is 70.9 Å². The Morgan fingerprint density at radius 3 is 2.57 bits per heavy atom. The van der Waals surface area contributed by atoms with Gasteiger partial charge in [0.15, 0.2) is 11.6 Å². The molecule has 184 valence electrons. The van der Waals surface area contributed by atoms with E-state index >= 15 is 0 Å². The number of hydrogen-bond acceptors (Lipinski definition) is 4. The molecule has 0 saturated heterocycles. The highest BCUT2D eigenvalue weighted by Gasteiger charge is 2.25. The van der Waals surface area contributed by atoms with Crippen molar-refractivity contribution in [2.75, 3.05) is 17.7 Å². The molecule has 2 heterocycles. The smallest absolute Gasteiger partial charge is 0.324 e. The average Bonchev–Trinajstić information content (AvgIpc) is 3.25. The first-order chi connectivity index (χ1) is 16.6. The molecular weight excluding hydrogens is 454 g/mol. The molecule has 2 aromatic carbocycles. The van der Waals surface area contributed by atoms with Crippen molar-refractivity contribution in [3.8, 4) is 5.69 Å². The number of fused-ring (bicyclic) bond motifs is 1. The summed E-state index contributed by atoms with van der Waals surface area (Å²) in [6.07, 6.45) is 0.564. The van der Waals surface area contributed by atoms with Crippen LogP contribution in [0, 0.1) is 11.6 Å². The van der Waals surface area contributed by atoms with E-state index in [0.29, 0.717) is 24.5 Å². The summed E-state index contributed by atoms with van der Waals surface area (Å²) in [5.74, 6) is -1.88. The van der Waals surface area contributed by atoms with Gasteiger partial charge in [0, 0.05) is 25.1 Å². The van der Waals surface area contributed by atoms with Crippen LogP contribution in [-0.4, -0.2) is 34.8 Å². The lowest BCUT2D eigenvalue weighted by atomic mass is 9.92. The number of carbonyl (C=O) groups is 2. The van der Waals surface area contributed by atoms with E-state index in [4.69, 9.17) is 5.10 Å². The molecule has 0 spiro atoms. The van der Waals surface area contributed by atoms with Gasteiger partial charge in [-0.2, -0.15) is 5.10 Å². The molecule has 0 unspecified atom stereocenters. The number of benzene rings is 2. The van der Waals surface area contributed by atoms with Crippen molar-refractivity contribution < 1.29 is 18.4 Å². The van der Waals surface area contributed by atoms with E-state index in [2.05, 4.69) is 21.3 Å². The van der Waals surface area contributed by atoms with Gasteiger partial charge in [0.05, 0.1) is 23.1 Å². The van der Waals surface area contributed by atoms with Crippen molar-refractivity contribution in [3.63, 3.8) is 0 Å². The molecule has 0 fully saturated rings. The number of rotatable bonds is 4. The lowest BCUT2D eigenvalue weighted by Crippen LogP contribution is -2.46. The second-order valence-electron chi connectivity index (χ2n) is 9.46. The molecule has 1 aliphatic heterocycles. The Labute approximate surface area is 202 Å². The number of hydrogen-bond donors (Lipinski definition) is 4. The van der Waals surface area contributed by atoms with Gasteiger partial charge in [-0.05, 0) is 41.8 Å². The number of halogens is 2. The first-order valence-corrected chi connectivity index (χ1v) is 11.3. The van der Waals surface area contributed by atoms with Crippen molar-refractivity contribution in [1.29, 1.82) is 0 Å². The standard InChI is InChI=1S/C25H28F2N6O2/c1-25(2,3)20-12-21(31-24(35)30-18-7-5-6-17(26)22(18)27)33(32-20)16-9-8-14-11-19(23(34)28-4)29-13-15(14)10-16/h5-10,12,19,29H,11,13H2,1-4H3,(H,28,34)(H2,30,31,35)/t19-/m0/s1. The number of nitrogens with one attached hydrogen (secondary N) is 4. The van der Waals surface area contributed by atoms with Gasteiger partial charge in [0.1, 0.15) is 5.82 Å². The monoisotopic (exact) mass is 482 g/mol. The summed E-state index contributed by atoms with van der Waals surface area (Å²) >= 11 is 0. The van der Waals surface area contributed by atoms with Crippen LogP contribution in [0.2, 0.25) is 0 Å². The zero-order chi connectivity index (χ0) is 25.3. The molecule has 0 radical (unpaired) electrons. The highest BCUT2D eigenvalue weighted by Crippen LogP contribution is 2.28. The van der Waals surface area contributed by atoms with E-state index in [1.807, 2.05) is 39.0 Å². The van der Waals surface area contributed by atoms with E-state index in [1.165, 1.54) is 12.1 Å². The minimum atomic E-state index is -1.14. The number of likely N-dealkylation sites (N-methyl/N-ethyl adjacent to an activating group) is 1. The minimum Gasteiger partial charge on any atom is -0.358 e. The number of nitrogens with zero attached hydrogens (tertiary/aromatic N) is 2. The van der Waals surface area contributed by atoms with Crippen LogP contribution in [0.4, 0.5) is 25.1 Å². The number of urea groups is 1. The summed E-state index contributed by atoms with van der Waals surface area (Å²) in [4.78, 5) is 24.7. The first-order valence-electron chi connectivity index (χ1n) is 11.3. The van der Waals surface area contributed by atoms with E-state index in [0.717, 1.165) is 22.9 Å².